The van der Waals surface area contributed by atoms with Gasteiger partial charge >= 0.3 is 0 Å². The number of nitrogens with zero attached hydrogens (tertiary/aromatic N) is 3. The van der Waals surface area contributed by atoms with Crippen molar-refractivity contribution in [2.75, 3.05) is 5.73 Å². The van der Waals surface area contributed by atoms with E-state index in [2.05, 4.69) is 33.2 Å². The monoisotopic (exact) mass is 250 g/mol. The minimum atomic E-state index is 0.485. The molecule has 1 aliphatic rings. The van der Waals surface area contributed by atoms with Crippen molar-refractivity contribution in [3.05, 3.63) is 54.5 Å². The molecule has 2 aromatic rings. The van der Waals surface area contributed by atoms with Crippen LogP contribution in [0.25, 0.3) is 17.0 Å². The Hall–Kier alpha value is -2.49. The van der Waals surface area contributed by atoms with E-state index in [-0.39, 0.29) is 0 Å². The third-order valence-corrected chi connectivity index (χ3v) is 3.01. The van der Waals surface area contributed by atoms with Crippen LogP contribution in [0.5, 0.6) is 0 Å². The molecule has 0 saturated heterocycles. The van der Waals surface area contributed by atoms with E-state index in [0.717, 1.165) is 24.1 Å². The topological polar surface area (TPSA) is 64.7 Å². The lowest BCUT2D eigenvalue weighted by molar-refractivity contribution is 1.03. The van der Waals surface area contributed by atoms with Gasteiger partial charge in [0, 0.05) is 24.0 Å². The van der Waals surface area contributed by atoms with Crippen molar-refractivity contribution in [2.24, 2.45) is 0 Å². The molecule has 19 heavy (non-hydrogen) atoms. The summed E-state index contributed by atoms with van der Waals surface area (Å²) >= 11 is 0. The number of nitrogens with two attached hydrogens (primary N) is 1. The smallest absolute Gasteiger partial charge is 0.163 e. The molecule has 0 aliphatic heterocycles. The highest BCUT2D eigenvalue weighted by Gasteiger charge is 2.09. The summed E-state index contributed by atoms with van der Waals surface area (Å²) < 4.78 is 0. The lowest BCUT2D eigenvalue weighted by Crippen LogP contribution is -2.01. The maximum absolute atomic E-state index is 5.89. The fraction of sp³-hybridized carbons (Fsp3) is 0.133. The van der Waals surface area contributed by atoms with E-state index in [1.54, 1.807) is 12.4 Å². The zero-order valence-corrected chi connectivity index (χ0v) is 10.5. The fourth-order valence-corrected chi connectivity index (χ4v) is 2.07. The highest BCUT2D eigenvalue weighted by Crippen LogP contribution is 2.25. The van der Waals surface area contributed by atoms with Crippen LogP contribution in [-0.4, -0.2) is 15.0 Å². The molecular weight excluding hydrogens is 236 g/mol. The average molecular weight is 250 g/mol. The van der Waals surface area contributed by atoms with Crippen molar-refractivity contribution in [1.29, 1.82) is 0 Å². The van der Waals surface area contributed by atoms with Gasteiger partial charge in [-0.3, -0.25) is 4.98 Å². The van der Waals surface area contributed by atoms with Crippen LogP contribution in [0.4, 0.5) is 5.82 Å². The number of aromatic nitrogens is 3. The van der Waals surface area contributed by atoms with Gasteiger partial charge in [-0.25, -0.2) is 9.97 Å². The van der Waals surface area contributed by atoms with Crippen LogP contribution in [0.1, 0.15) is 18.5 Å². The Kier molecular flexibility index (Phi) is 3.06. The molecule has 3 rings (SSSR count). The van der Waals surface area contributed by atoms with E-state index in [1.807, 2.05) is 18.2 Å². The number of nitrogen functional groups attached to an aromatic ring is 1. The van der Waals surface area contributed by atoms with E-state index in [1.165, 1.54) is 5.57 Å². The van der Waals surface area contributed by atoms with E-state index < -0.39 is 0 Å². The summed E-state index contributed by atoms with van der Waals surface area (Å²) in [7, 11) is 0. The molecule has 0 unspecified atom stereocenters. The first kappa shape index (κ1) is 11.6. The molecule has 0 saturated carbocycles. The van der Waals surface area contributed by atoms with Gasteiger partial charge < -0.3 is 5.73 Å². The SMILES string of the molecule is Nc1cc(C2=CC=CCC2)nc(-c2cccnc2)n1. The van der Waals surface area contributed by atoms with Gasteiger partial charge in [0.25, 0.3) is 0 Å². The molecule has 2 N–H and O–H groups in total. The Labute approximate surface area is 111 Å². The third-order valence-electron chi connectivity index (χ3n) is 3.01. The molecule has 0 fully saturated rings. The molecule has 94 valence electrons. The quantitative estimate of drug-likeness (QED) is 0.890. The van der Waals surface area contributed by atoms with Crippen LogP contribution in [-0.2, 0) is 0 Å². The lowest BCUT2D eigenvalue weighted by atomic mass is 10.0. The fourth-order valence-electron chi connectivity index (χ4n) is 2.07. The summed E-state index contributed by atoms with van der Waals surface area (Å²) in [4.78, 5) is 13.0. The van der Waals surface area contributed by atoms with E-state index in [0.29, 0.717) is 11.6 Å². The van der Waals surface area contributed by atoms with E-state index >= 15 is 0 Å². The summed E-state index contributed by atoms with van der Waals surface area (Å²) in [6.07, 6.45) is 11.8. The van der Waals surface area contributed by atoms with Gasteiger partial charge in [-0.1, -0.05) is 18.2 Å². The van der Waals surface area contributed by atoms with Crippen molar-refractivity contribution in [3.8, 4) is 11.4 Å². The van der Waals surface area contributed by atoms with Crippen molar-refractivity contribution < 1.29 is 0 Å². The minimum absolute atomic E-state index is 0.485. The maximum atomic E-state index is 5.89. The summed E-state index contributed by atoms with van der Waals surface area (Å²) in [5.41, 5.74) is 8.86. The zero-order chi connectivity index (χ0) is 13.1. The van der Waals surface area contributed by atoms with Crippen LogP contribution in [0.15, 0.2) is 48.8 Å². The number of pyridine rings is 1. The Morgan fingerprint density at radius 3 is 2.89 bits per heavy atom. The van der Waals surface area contributed by atoms with Crippen LogP contribution in [0.2, 0.25) is 0 Å². The maximum Gasteiger partial charge on any atom is 0.163 e. The van der Waals surface area contributed by atoms with Gasteiger partial charge in [0.05, 0.1) is 5.69 Å². The Bertz CT molecular complexity index is 644. The Balaban J connectivity index is 2.06. The molecule has 2 heterocycles. The Morgan fingerprint density at radius 1 is 1.21 bits per heavy atom. The molecule has 2 aromatic heterocycles. The molecule has 0 amide bonds. The van der Waals surface area contributed by atoms with Crippen LogP contribution in [0.3, 0.4) is 0 Å². The van der Waals surface area contributed by atoms with Crippen molar-refractivity contribution in [3.63, 3.8) is 0 Å². The molecule has 1 aliphatic carbocycles. The molecule has 0 atom stereocenters. The average Bonchev–Trinajstić information content (AvgIpc) is 2.48. The first-order chi connectivity index (χ1) is 9.33. The van der Waals surface area contributed by atoms with Crippen LogP contribution in [0, 0.1) is 0 Å². The molecule has 0 bridgehead atoms. The van der Waals surface area contributed by atoms with Gasteiger partial charge in [0.15, 0.2) is 5.82 Å². The largest absolute Gasteiger partial charge is 0.384 e. The standard InChI is InChI=1S/C15H14N4/c16-14-9-13(11-5-2-1-3-6-11)18-15(19-14)12-7-4-8-17-10-12/h1-2,4-5,7-10H,3,6H2,(H2,16,18,19). The summed E-state index contributed by atoms with van der Waals surface area (Å²) in [5, 5.41) is 0. The highest BCUT2D eigenvalue weighted by molar-refractivity contribution is 5.69. The van der Waals surface area contributed by atoms with Crippen molar-refractivity contribution in [1.82, 2.24) is 15.0 Å². The molecule has 0 spiro atoms. The number of hydrogen-bond donors (Lipinski definition) is 1. The normalized spacial score (nSPS) is 14.2. The molecular formula is C15H14N4. The van der Waals surface area contributed by atoms with E-state index in [4.69, 9.17) is 5.73 Å². The number of hydrogen-bond acceptors (Lipinski definition) is 4. The first-order valence-corrected chi connectivity index (χ1v) is 6.24. The summed E-state index contributed by atoms with van der Waals surface area (Å²) in [6, 6.07) is 5.62. The summed E-state index contributed by atoms with van der Waals surface area (Å²) in [6.45, 7) is 0. The zero-order valence-electron chi connectivity index (χ0n) is 10.5. The predicted molar refractivity (Wildman–Crippen MR) is 76.0 cm³/mol. The van der Waals surface area contributed by atoms with Gasteiger partial charge in [-0.15, -0.1) is 0 Å². The van der Waals surface area contributed by atoms with Crippen LogP contribution < -0.4 is 5.73 Å². The van der Waals surface area contributed by atoms with Gasteiger partial charge in [0.1, 0.15) is 5.82 Å². The predicted octanol–water partition coefficient (Wildman–Crippen LogP) is 2.85. The van der Waals surface area contributed by atoms with Gasteiger partial charge in [0.2, 0.25) is 0 Å². The minimum Gasteiger partial charge on any atom is -0.384 e. The van der Waals surface area contributed by atoms with Crippen LogP contribution >= 0.6 is 0 Å². The number of anilines is 1. The van der Waals surface area contributed by atoms with Crippen molar-refractivity contribution in [2.45, 2.75) is 12.8 Å². The molecule has 4 nitrogen and oxygen atoms in total. The second-order valence-corrected chi connectivity index (χ2v) is 4.40. The summed E-state index contributed by atoms with van der Waals surface area (Å²) in [5.74, 6) is 1.11. The van der Waals surface area contributed by atoms with Gasteiger partial charge in [-0.05, 0) is 30.5 Å². The number of rotatable bonds is 2. The second-order valence-electron chi connectivity index (χ2n) is 4.40. The lowest BCUT2D eigenvalue weighted by Gasteiger charge is -2.10. The Morgan fingerprint density at radius 2 is 2.16 bits per heavy atom. The van der Waals surface area contributed by atoms with Crippen molar-refractivity contribution >= 4 is 11.4 Å². The first-order valence-electron chi connectivity index (χ1n) is 6.24. The van der Waals surface area contributed by atoms with Gasteiger partial charge in [-0.2, -0.15) is 0 Å². The third kappa shape index (κ3) is 2.52. The highest BCUT2D eigenvalue weighted by atomic mass is 14.9. The number of allylic oxidation sites excluding steroid dienone is 4. The second kappa shape index (κ2) is 5.02. The molecule has 4 heteroatoms. The molecule has 0 aromatic carbocycles. The molecule has 0 radical (unpaired) electrons. The van der Waals surface area contributed by atoms with E-state index in [9.17, 15) is 0 Å².